The van der Waals surface area contributed by atoms with E-state index in [4.69, 9.17) is 0 Å². The van der Waals surface area contributed by atoms with Gasteiger partial charge in [0.2, 0.25) is 0 Å². The van der Waals surface area contributed by atoms with Crippen LogP contribution in [0.15, 0.2) is 48.7 Å². The predicted molar refractivity (Wildman–Crippen MR) is 96.2 cm³/mol. The van der Waals surface area contributed by atoms with Gasteiger partial charge in [-0.1, -0.05) is 30.3 Å². The van der Waals surface area contributed by atoms with E-state index in [2.05, 4.69) is 19.9 Å². The number of carbonyl (C=O) groups is 1. The van der Waals surface area contributed by atoms with Crippen molar-refractivity contribution in [2.75, 3.05) is 13.1 Å². The molecule has 0 radical (unpaired) electrons. The van der Waals surface area contributed by atoms with Gasteiger partial charge < -0.3 is 14.8 Å². The Labute approximate surface area is 146 Å². The van der Waals surface area contributed by atoms with Crippen molar-refractivity contribution in [2.45, 2.75) is 25.9 Å². The Balaban J connectivity index is 1.44. The van der Waals surface area contributed by atoms with E-state index in [-0.39, 0.29) is 12.1 Å². The van der Waals surface area contributed by atoms with Crippen molar-refractivity contribution in [3.8, 4) is 0 Å². The van der Waals surface area contributed by atoms with E-state index < -0.39 is 0 Å². The van der Waals surface area contributed by atoms with Crippen molar-refractivity contribution in [1.82, 2.24) is 24.8 Å². The highest BCUT2D eigenvalue weighted by molar-refractivity contribution is 5.75. The largest absolute Gasteiger partial charge is 0.334 e. The molecule has 1 fully saturated rings. The van der Waals surface area contributed by atoms with Crippen LogP contribution in [0.3, 0.4) is 0 Å². The smallest absolute Gasteiger partial charge is 0.317 e. The molecule has 1 aliphatic heterocycles. The number of aromatic nitrogens is 3. The molecule has 0 saturated carbocycles. The summed E-state index contributed by atoms with van der Waals surface area (Å²) in [5.41, 5.74) is 2.91. The monoisotopic (exact) mass is 335 g/mol. The van der Waals surface area contributed by atoms with Crippen LogP contribution in [-0.4, -0.2) is 38.6 Å². The minimum absolute atomic E-state index is 0.0126. The lowest BCUT2D eigenvalue weighted by Crippen LogP contribution is -2.38. The first kappa shape index (κ1) is 15.6. The topological polar surface area (TPSA) is 63.1 Å². The minimum Gasteiger partial charge on any atom is -0.334 e. The molecule has 1 atom stereocenters. The number of urea groups is 1. The number of likely N-dealkylation sites (tertiary alicyclic amines) is 1. The van der Waals surface area contributed by atoms with Gasteiger partial charge in [-0.25, -0.2) is 14.8 Å². The summed E-state index contributed by atoms with van der Waals surface area (Å²) in [5.74, 6) is 0.949. The Hall–Kier alpha value is -2.89. The van der Waals surface area contributed by atoms with Crippen molar-refractivity contribution >= 4 is 17.2 Å². The molecule has 1 saturated heterocycles. The van der Waals surface area contributed by atoms with Gasteiger partial charge >= 0.3 is 6.03 Å². The number of hydrogen-bond acceptors (Lipinski definition) is 3. The van der Waals surface area contributed by atoms with Crippen molar-refractivity contribution in [3.05, 3.63) is 60.0 Å². The van der Waals surface area contributed by atoms with Crippen LogP contribution in [0, 0.1) is 6.92 Å². The average molecular weight is 335 g/mol. The van der Waals surface area contributed by atoms with E-state index >= 15 is 0 Å². The molecule has 6 heteroatoms. The molecule has 3 aromatic rings. The summed E-state index contributed by atoms with van der Waals surface area (Å²) in [6, 6.07) is 14.0. The van der Waals surface area contributed by atoms with Crippen LogP contribution in [0.2, 0.25) is 0 Å². The number of pyridine rings is 1. The number of nitrogens with one attached hydrogen (secondary N) is 1. The molecular weight excluding hydrogens is 314 g/mol. The van der Waals surface area contributed by atoms with E-state index in [1.165, 1.54) is 0 Å². The number of aryl methyl sites for hydroxylation is 1. The number of carbonyl (C=O) groups excluding carboxylic acids is 1. The molecular formula is C19H21N5O. The van der Waals surface area contributed by atoms with E-state index in [1.54, 1.807) is 6.20 Å². The average Bonchev–Trinajstić information content (AvgIpc) is 3.24. The van der Waals surface area contributed by atoms with Gasteiger partial charge in [-0.15, -0.1) is 0 Å². The first-order valence-electron chi connectivity index (χ1n) is 8.58. The van der Waals surface area contributed by atoms with Crippen LogP contribution >= 0.6 is 0 Å². The summed E-state index contributed by atoms with van der Waals surface area (Å²) in [6.45, 7) is 3.98. The van der Waals surface area contributed by atoms with Gasteiger partial charge in [0.25, 0.3) is 0 Å². The van der Waals surface area contributed by atoms with Crippen LogP contribution < -0.4 is 5.32 Å². The Morgan fingerprint density at radius 3 is 2.92 bits per heavy atom. The fourth-order valence-corrected chi connectivity index (χ4v) is 3.50. The van der Waals surface area contributed by atoms with Gasteiger partial charge in [0.05, 0.1) is 6.04 Å². The van der Waals surface area contributed by atoms with Gasteiger partial charge in [0.15, 0.2) is 5.65 Å². The number of benzene rings is 1. The fourth-order valence-electron chi connectivity index (χ4n) is 3.50. The van der Waals surface area contributed by atoms with Gasteiger partial charge in [-0.3, -0.25) is 0 Å². The van der Waals surface area contributed by atoms with Crippen LogP contribution in [0.1, 0.15) is 23.9 Å². The Kier molecular flexibility index (Phi) is 4.09. The van der Waals surface area contributed by atoms with Gasteiger partial charge in [0.1, 0.15) is 11.3 Å². The maximum Gasteiger partial charge on any atom is 0.317 e. The van der Waals surface area contributed by atoms with Crippen molar-refractivity contribution in [3.63, 3.8) is 0 Å². The minimum atomic E-state index is -0.0126. The molecule has 128 valence electrons. The summed E-state index contributed by atoms with van der Waals surface area (Å²) >= 11 is 0. The zero-order valence-corrected chi connectivity index (χ0v) is 14.2. The molecule has 1 aromatic carbocycles. The highest BCUT2D eigenvalue weighted by atomic mass is 16.2. The summed E-state index contributed by atoms with van der Waals surface area (Å²) in [5, 5.41) is 3.00. The SMILES string of the molecule is Cc1nc2cccnc2n1[C@H]1CCN(C(=O)NCc2ccccc2)C1. The summed E-state index contributed by atoms with van der Waals surface area (Å²) in [6.07, 6.45) is 2.71. The van der Waals surface area contributed by atoms with Crippen molar-refractivity contribution in [1.29, 1.82) is 0 Å². The molecule has 2 aromatic heterocycles. The van der Waals surface area contributed by atoms with Gasteiger partial charge in [-0.05, 0) is 31.0 Å². The van der Waals surface area contributed by atoms with E-state index in [0.717, 1.165) is 35.5 Å². The molecule has 0 spiro atoms. The standard InChI is InChI=1S/C19H21N5O/c1-14-22-17-8-5-10-20-18(17)24(14)16-9-11-23(13-16)19(25)21-12-15-6-3-2-4-7-15/h2-8,10,16H,9,11-13H2,1H3,(H,21,25)/t16-/m0/s1. The van der Waals surface area contributed by atoms with Crippen LogP contribution in [-0.2, 0) is 6.54 Å². The third-order valence-corrected chi connectivity index (χ3v) is 4.73. The summed E-state index contributed by atoms with van der Waals surface area (Å²) in [4.78, 5) is 23.4. The number of fused-ring (bicyclic) bond motifs is 1. The zero-order valence-electron chi connectivity index (χ0n) is 14.2. The quantitative estimate of drug-likeness (QED) is 0.800. The third-order valence-electron chi connectivity index (χ3n) is 4.73. The lowest BCUT2D eigenvalue weighted by atomic mass is 10.2. The van der Waals surface area contributed by atoms with E-state index in [1.807, 2.05) is 54.3 Å². The van der Waals surface area contributed by atoms with Crippen LogP contribution in [0.25, 0.3) is 11.2 Å². The second-order valence-electron chi connectivity index (χ2n) is 6.41. The lowest BCUT2D eigenvalue weighted by Gasteiger charge is -2.18. The highest BCUT2D eigenvalue weighted by Crippen LogP contribution is 2.26. The molecule has 0 bridgehead atoms. The maximum absolute atomic E-state index is 12.5. The molecule has 0 unspecified atom stereocenters. The number of imidazole rings is 1. The highest BCUT2D eigenvalue weighted by Gasteiger charge is 2.29. The number of hydrogen-bond donors (Lipinski definition) is 1. The van der Waals surface area contributed by atoms with Gasteiger partial charge in [-0.2, -0.15) is 0 Å². The maximum atomic E-state index is 12.5. The molecule has 25 heavy (non-hydrogen) atoms. The molecule has 3 heterocycles. The van der Waals surface area contributed by atoms with Crippen LogP contribution in [0.4, 0.5) is 4.79 Å². The summed E-state index contributed by atoms with van der Waals surface area (Å²) < 4.78 is 2.17. The Morgan fingerprint density at radius 1 is 1.24 bits per heavy atom. The zero-order chi connectivity index (χ0) is 17.2. The Bertz CT molecular complexity index is 889. The van der Waals surface area contributed by atoms with E-state index in [0.29, 0.717) is 13.1 Å². The van der Waals surface area contributed by atoms with Crippen molar-refractivity contribution in [2.24, 2.45) is 0 Å². The number of nitrogens with zero attached hydrogens (tertiary/aromatic N) is 4. The number of rotatable bonds is 3. The molecule has 6 nitrogen and oxygen atoms in total. The Morgan fingerprint density at radius 2 is 2.08 bits per heavy atom. The molecule has 0 aliphatic carbocycles. The molecule has 1 aliphatic rings. The molecule has 2 amide bonds. The second-order valence-corrected chi connectivity index (χ2v) is 6.41. The first-order valence-corrected chi connectivity index (χ1v) is 8.58. The van der Waals surface area contributed by atoms with Crippen LogP contribution in [0.5, 0.6) is 0 Å². The first-order chi connectivity index (χ1) is 12.2. The predicted octanol–water partition coefficient (Wildman–Crippen LogP) is 2.90. The fraction of sp³-hybridized carbons (Fsp3) is 0.316. The number of amides is 2. The third kappa shape index (κ3) is 3.07. The normalized spacial score (nSPS) is 17.2. The second kappa shape index (κ2) is 6.55. The van der Waals surface area contributed by atoms with Crippen molar-refractivity contribution < 1.29 is 4.79 Å². The molecule has 1 N–H and O–H groups in total. The lowest BCUT2D eigenvalue weighted by molar-refractivity contribution is 0.206. The van der Waals surface area contributed by atoms with Gasteiger partial charge in [0, 0.05) is 25.8 Å². The summed E-state index contributed by atoms with van der Waals surface area (Å²) in [7, 11) is 0. The molecule has 4 rings (SSSR count). The van der Waals surface area contributed by atoms with E-state index in [9.17, 15) is 4.79 Å².